The van der Waals surface area contributed by atoms with Gasteiger partial charge in [-0.3, -0.25) is 9.69 Å². The second-order valence-corrected chi connectivity index (χ2v) is 10.8. The smallest absolute Gasteiger partial charge is 0.369 e. The highest BCUT2D eigenvalue weighted by molar-refractivity contribution is 5.76. The van der Waals surface area contributed by atoms with Crippen LogP contribution in [0, 0.1) is 0 Å². The number of halogens is 3. The summed E-state index contributed by atoms with van der Waals surface area (Å²) in [5.41, 5.74) is 2.11. The summed E-state index contributed by atoms with van der Waals surface area (Å²) in [6, 6.07) is 7.37. The largest absolute Gasteiger partial charge is 0.421 e. The number of hydrogen-bond donors (Lipinski definition) is 2. The van der Waals surface area contributed by atoms with Crippen molar-refractivity contribution in [1.82, 2.24) is 19.8 Å². The minimum atomic E-state index is -4.58. The number of fused-ring (bicyclic) bond motifs is 2. The number of alkyl halides is 3. The minimum Gasteiger partial charge on any atom is -0.369 e. The highest BCUT2D eigenvalue weighted by Crippen LogP contribution is 2.36. The Balaban J connectivity index is 1.27. The fraction of sp³-hybridized carbons (Fsp3) is 0.607. The average molecular weight is 546 g/mol. The molecule has 0 saturated carbocycles. The van der Waals surface area contributed by atoms with Gasteiger partial charge >= 0.3 is 6.18 Å². The molecule has 8 nitrogen and oxygen atoms in total. The van der Waals surface area contributed by atoms with Gasteiger partial charge in [-0.2, -0.15) is 18.2 Å². The SMILES string of the molecule is CCc1cc(N2C[C@H]3CC[C@@H](C2)N3C)ccc1Nc1ncc(C(F)(F)F)c(NCCCN2CCCCC2=O)n1. The Morgan fingerprint density at radius 2 is 1.90 bits per heavy atom. The molecule has 3 aliphatic heterocycles. The lowest BCUT2D eigenvalue weighted by atomic mass is 10.1. The van der Waals surface area contributed by atoms with Crippen LogP contribution in [0.3, 0.4) is 0 Å². The molecule has 3 aliphatic rings. The number of nitrogens with zero attached hydrogens (tertiary/aromatic N) is 5. The number of piperazine rings is 1. The van der Waals surface area contributed by atoms with E-state index in [1.165, 1.54) is 18.5 Å². The summed E-state index contributed by atoms with van der Waals surface area (Å²) in [5.74, 6) is -0.0344. The van der Waals surface area contributed by atoms with E-state index in [0.717, 1.165) is 49.8 Å². The van der Waals surface area contributed by atoms with Crippen molar-refractivity contribution in [2.24, 2.45) is 0 Å². The van der Waals surface area contributed by atoms with Gasteiger partial charge in [-0.05, 0) is 69.3 Å². The normalized spacial score (nSPS) is 21.9. The molecule has 2 bridgehead atoms. The monoisotopic (exact) mass is 545 g/mol. The number of anilines is 4. The standard InChI is InChI=1S/C28H38F3N7O/c1-3-19-15-20(38-17-21-8-9-22(18-38)36(21)2)10-11-24(19)34-27-33-16-23(28(29,30)31)26(35-27)32-12-6-14-37-13-5-4-7-25(37)39/h10-11,15-16,21-22H,3-9,12-14,17-18H2,1-2H3,(H2,32,33,34,35)/t21-,22+. The number of piperidine rings is 1. The van der Waals surface area contributed by atoms with Crippen LogP contribution >= 0.6 is 0 Å². The van der Waals surface area contributed by atoms with Crippen LogP contribution in [0.15, 0.2) is 24.4 Å². The molecule has 2 aromatic rings. The van der Waals surface area contributed by atoms with E-state index < -0.39 is 11.7 Å². The van der Waals surface area contributed by atoms with E-state index in [4.69, 9.17) is 0 Å². The maximum Gasteiger partial charge on any atom is 0.421 e. The Kier molecular flexibility index (Phi) is 8.16. The van der Waals surface area contributed by atoms with Gasteiger partial charge < -0.3 is 20.4 Å². The summed E-state index contributed by atoms with van der Waals surface area (Å²) < 4.78 is 41.0. The number of amides is 1. The van der Waals surface area contributed by atoms with Crippen LogP contribution in [0.2, 0.25) is 0 Å². The van der Waals surface area contributed by atoms with Crippen molar-refractivity contribution in [2.45, 2.75) is 70.1 Å². The van der Waals surface area contributed by atoms with Gasteiger partial charge in [0.2, 0.25) is 11.9 Å². The zero-order chi connectivity index (χ0) is 27.6. The van der Waals surface area contributed by atoms with Crippen LogP contribution in [0.4, 0.5) is 36.3 Å². The van der Waals surface area contributed by atoms with Gasteiger partial charge in [0.15, 0.2) is 0 Å². The van der Waals surface area contributed by atoms with Gasteiger partial charge in [-0.15, -0.1) is 0 Å². The molecule has 0 aliphatic carbocycles. The lowest BCUT2D eigenvalue weighted by Crippen LogP contribution is -2.52. The molecule has 2 N–H and O–H groups in total. The summed E-state index contributed by atoms with van der Waals surface area (Å²) in [7, 11) is 2.22. The average Bonchev–Trinajstić information content (AvgIpc) is 3.10. The van der Waals surface area contributed by atoms with Crippen molar-refractivity contribution in [3.63, 3.8) is 0 Å². The van der Waals surface area contributed by atoms with Gasteiger partial charge in [-0.1, -0.05) is 6.92 Å². The van der Waals surface area contributed by atoms with Crippen LogP contribution in [0.25, 0.3) is 0 Å². The third-order valence-electron chi connectivity index (χ3n) is 8.34. The summed E-state index contributed by atoms with van der Waals surface area (Å²) in [5, 5.41) is 5.99. The van der Waals surface area contributed by atoms with Gasteiger partial charge in [-0.25, -0.2) is 4.98 Å². The lowest BCUT2D eigenvalue weighted by molar-refractivity contribution is -0.137. The third kappa shape index (κ3) is 6.23. The fourth-order valence-corrected chi connectivity index (χ4v) is 6.00. The van der Waals surface area contributed by atoms with Crippen molar-refractivity contribution >= 4 is 29.0 Å². The first-order valence-corrected chi connectivity index (χ1v) is 14.1. The van der Waals surface area contributed by atoms with Crippen molar-refractivity contribution < 1.29 is 18.0 Å². The highest BCUT2D eigenvalue weighted by atomic mass is 19.4. The molecule has 11 heteroatoms. The van der Waals surface area contributed by atoms with Crippen molar-refractivity contribution in [3.8, 4) is 0 Å². The second-order valence-electron chi connectivity index (χ2n) is 10.8. The fourth-order valence-electron chi connectivity index (χ4n) is 6.00. The summed E-state index contributed by atoms with van der Waals surface area (Å²) >= 11 is 0. The number of hydrogen-bond acceptors (Lipinski definition) is 7. The van der Waals surface area contributed by atoms with E-state index in [9.17, 15) is 18.0 Å². The Hall–Kier alpha value is -3.08. The Labute approximate surface area is 228 Å². The van der Waals surface area contributed by atoms with Crippen molar-refractivity contribution in [1.29, 1.82) is 0 Å². The molecule has 5 rings (SSSR count). The molecule has 1 aromatic carbocycles. The van der Waals surface area contributed by atoms with E-state index >= 15 is 0 Å². The third-order valence-corrected chi connectivity index (χ3v) is 8.34. The number of likely N-dealkylation sites (tertiary alicyclic amines) is 1. The number of nitrogens with one attached hydrogen (secondary N) is 2. The highest BCUT2D eigenvalue weighted by Gasteiger charge is 2.38. The first kappa shape index (κ1) is 27.5. The van der Waals surface area contributed by atoms with E-state index in [0.29, 0.717) is 38.0 Å². The molecular weight excluding hydrogens is 507 g/mol. The molecule has 3 fully saturated rings. The molecule has 1 aromatic heterocycles. The molecule has 4 heterocycles. The zero-order valence-corrected chi connectivity index (χ0v) is 22.7. The number of carbonyl (C=O) groups is 1. The molecular formula is C28H38F3N7O. The maximum atomic E-state index is 13.7. The van der Waals surface area contributed by atoms with Gasteiger partial charge in [0.1, 0.15) is 11.4 Å². The zero-order valence-electron chi connectivity index (χ0n) is 22.7. The number of aryl methyl sites for hydroxylation is 1. The van der Waals surface area contributed by atoms with Crippen LogP contribution < -0.4 is 15.5 Å². The molecule has 39 heavy (non-hydrogen) atoms. The topological polar surface area (TPSA) is 76.6 Å². The summed E-state index contributed by atoms with van der Waals surface area (Å²) in [6.45, 7) is 5.57. The summed E-state index contributed by atoms with van der Waals surface area (Å²) in [4.78, 5) is 26.9. The number of carbonyl (C=O) groups excluding carboxylic acids is 1. The number of benzene rings is 1. The van der Waals surface area contributed by atoms with E-state index in [2.05, 4.69) is 56.5 Å². The molecule has 0 spiro atoms. The van der Waals surface area contributed by atoms with Crippen LogP contribution in [0.1, 0.15) is 56.6 Å². The second kappa shape index (κ2) is 11.6. The summed E-state index contributed by atoms with van der Waals surface area (Å²) in [6.07, 6.45) is 2.42. The number of aromatic nitrogens is 2. The molecule has 3 saturated heterocycles. The Morgan fingerprint density at radius 3 is 2.59 bits per heavy atom. The quantitative estimate of drug-likeness (QED) is 0.434. The van der Waals surface area contributed by atoms with Crippen LogP contribution in [-0.2, 0) is 17.4 Å². The van der Waals surface area contributed by atoms with Crippen molar-refractivity contribution in [3.05, 3.63) is 35.5 Å². The van der Waals surface area contributed by atoms with Gasteiger partial charge in [0.05, 0.1) is 0 Å². The van der Waals surface area contributed by atoms with E-state index in [1.807, 2.05) is 6.07 Å². The molecule has 2 atom stereocenters. The maximum absolute atomic E-state index is 13.7. The molecule has 212 valence electrons. The molecule has 0 radical (unpaired) electrons. The minimum absolute atomic E-state index is 0.108. The molecule has 1 amide bonds. The number of likely N-dealkylation sites (N-methyl/N-ethyl adjacent to an activating group) is 1. The molecule has 0 unspecified atom stereocenters. The predicted molar refractivity (Wildman–Crippen MR) is 146 cm³/mol. The van der Waals surface area contributed by atoms with E-state index in [-0.39, 0.29) is 24.2 Å². The lowest BCUT2D eigenvalue weighted by Gasteiger charge is -2.40. The van der Waals surface area contributed by atoms with Crippen LogP contribution in [0.5, 0.6) is 0 Å². The first-order chi connectivity index (χ1) is 18.7. The van der Waals surface area contributed by atoms with Gasteiger partial charge in [0.25, 0.3) is 0 Å². The van der Waals surface area contributed by atoms with Crippen molar-refractivity contribution in [2.75, 3.05) is 55.3 Å². The van der Waals surface area contributed by atoms with Crippen LogP contribution in [-0.4, -0.2) is 77.5 Å². The first-order valence-electron chi connectivity index (χ1n) is 14.1. The predicted octanol–water partition coefficient (Wildman–Crippen LogP) is 4.90. The number of rotatable bonds is 9. The Bertz CT molecular complexity index is 1160. The van der Waals surface area contributed by atoms with Gasteiger partial charge in [0, 0.05) is 68.8 Å². The Morgan fingerprint density at radius 1 is 1.13 bits per heavy atom. The van der Waals surface area contributed by atoms with E-state index in [1.54, 1.807) is 4.90 Å².